The lowest BCUT2D eigenvalue weighted by Gasteiger charge is -2.28. The van der Waals surface area contributed by atoms with Gasteiger partial charge in [0.05, 0.1) is 0 Å². The van der Waals surface area contributed by atoms with Gasteiger partial charge >= 0.3 is 18.0 Å². The van der Waals surface area contributed by atoms with Gasteiger partial charge in [-0.15, -0.1) is 0 Å². The highest BCUT2D eigenvalue weighted by Gasteiger charge is 2.76. The third-order valence-electron chi connectivity index (χ3n) is 4.52. The fourth-order valence-corrected chi connectivity index (χ4v) is 2.73. The number of alkyl halides is 7. The lowest BCUT2D eigenvalue weighted by molar-refractivity contribution is -0.344. The Morgan fingerprint density at radius 3 is 1.60 bits per heavy atom. The van der Waals surface area contributed by atoms with Crippen LogP contribution in [-0.2, 0) is 22.0 Å². The zero-order chi connectivity index (χ0) is 23.9. The number of phenols is 1. The summed E-state index contributed by atoms with van der Waals surface area (Å²) in [5, 5.41) is 12.1. The van der Waals surface area contributed by atoms with Crippen LogP contribution in [0.5, 0.6) is 5.75 Å². The summed E-state index contributed by atoms with van der Waals surface area (Å²) < 4.78 is 89.3. The first-order chi connectivity index (χ1) is 13.1. The summed E-state index contributed by atoms with van der Waals surface area (Å²) in [6.07, 6.45) is -6.69. The van der Waals surface area contributed by atoms with Crippen LogP contribution in [0.15, 0.2) is 12.1 Å². The molecule has 1 amide bonds. The van der Waals surface area contributed by atoms with E-state index in [2.05, 4.69) is 0 Å². The monoisotopic (exact) mass is 445 g/mol. The normalized spacial score (nSPS) is 14.0. The average molecular weight is 445 g/mol. The average Bonchev–Trinajstić information content (AvgIpc) is 2.52. The van der Waals surface area contributed by atoms with Gasteiger partial charge in [-0.25, -0.2) is 0 Å². The molecule has 172 valence electrons. The molecule has 10 heteroatoms. The Morgan fingerprint density at radius 2 is 1.27 bits per heavy atom. The largest absolute Gasteiger partial charge is 0.507 e. The smallest absolute Gasteiger partial charge is 0.460 e. The van der Waals surface area contributed by atoms with Crippen molar-refractivity contribution < 1.29 is 40.6 Å². The number of hydrogen-bond acceptors (Lipinski definition) is 2. The Morgan fingerprint density at radius 1 is 0.867 bits per heavy atom. The van der Waals surface area contributed by atoms with Gasteiger partial charge in [0, 0.05) is 6.54 Å². The van der Waals surface area contributed by atoms with Crippen molar-refractivity contribution in [2.75, 3.05) is 6.54 Å². The van der Waals surface area contributed by atoms with E-state index in [0.717, 1.165) is 0 Å². The standard InChI is InChI=1S/C20H26F7NO2/c1-16(2,3)12-9-11(10-13(14(12)29)17(4,5)6)7-8-28-15(30)18(21,22)19(23,24)20(25,26)27/h9-10,29H,7-8H2,1-6H3,(H,28,30). The molecule has 0 aliphatic rings. The van der Waals surface area contributed by atoms with Gasteiger partial charge in [-0.3, -0.25) is 4.79 Å². The molecular weight excluding hydrogens is 419 g/mol. The minimum atomic E-state index is -6.58. The Hall–Kier alpha value is -2.00. The Labute approximate surface area is 170 Å². The first-order valence-electron chi connectivity index (χ1n) is 9.11. The molecule has 1 rings (SSSR count). The summed E-state index contributed by atoms with van der Waals surface area (Å²) in [6, 6.07) is 3.17. The summed E-state index contributed by atoms with van der Waals surface area (Å²) in [4.78, 5) is 11.4. The first kappa shape index (κ1) is 26.0. The number of nitrogens with one attached hydrogen (secondary N) is 1. The van der Waals surface area contributed by atoms with E-state index in [1.165, 1.54) is 5.32 Å². The number of aromatic hydroxyl groups is 1. The van der Waals surface area contributed by atoms with Crippen molar-refractivity contribution in [1.82, 2.24) is 5.32 Å². The maximum absolute atomic E-state index is 13.4. The van der Waals surface area contributed by atoms with Crippen molar-refractivity contribution in [3.63, 3.8) is 0 Å². The highest BCUT2D eigenvalue weighted by molar-refractivity contribution is 5.84. The fourth-order valence-electron chi connectivity index (χ4n) is 2.73. The van der Waals surface area contributed by atoms with E-state index in [-0.39, 0.29) is 12.2 Å². The summed E-state index contributed by atoms with van der Waals surface area (Å²) in [5.74, 6) is -15.1. The number of halogens is 7. The molecule has 0 bridgehead atoms. The second-order valence-electron chi connectivity index (χ2n) is 9.19. The van der Waals surface area contributed by atoms with E-state index in [4.69, 9.17) is 0 Å². The van der Waals surface area contributed by atoms with Crippen molar-refractivity contribution in [1.29, 1.82) is 0 Å². The van der Waals surface area contributed by atoms with Gasteiger partial charge in [-0.1, -0.05) is 53.7 Å². The Kier molecular flexibility index (Phi) is 6.88. The predicted molar refractivity (Wildman–Crippen MR) is 98.2 cm³/mol. The van der Waals surface area contributed by atoms with Crippen LogP contribution in [0.2, 0.25) is 0 Å². The summed E-state index contributed by atoms with van der Waals surface area (Å²) >= 11 is 0. The van der Waals surface area contributed by atoms with Crippen molar-refractivity contribution >= 4 is 5.91 Å². The van der Waals surface area contributed by atoms with Crippen LogP contribution < -0.4 is 5.32 Å². The molecule has 0 unspecified atom stereocenters. The van der Waals surface area contributed by atoms with Crippen LogP contribution in [0.25, 0.3) is 0 Å². The lowest BCUT2D eigenvalue weighted by atomic mass is 9.78. The van der Waals surface area contributed by atoms with E-state index < -0.39 is 41.3 Å². The molecular formula is C20H26F7NO2. The number of phenolic OH excluding ortho intramolecular Hbond substituents is 1. The van der Waals surface area contributed by atoms with Gasteiger partial charge in [0.15, 0.2) is 0 Å². The highest BCUT2D eigenvalue weighted by atomic mass is 19.4. The molecule has 0 heterocycles. The number of carbonyl (C=O) groups excluding carboxylic acids is 1. The summed E-state index contributed by atoms with van der Waals surface area (Å²) in [6.45, 7) is 10.4. The molecule has 0 saturated heterocycles. The Balaban J connectivity index is 3.10. The van der Waals surface area contributed by atoms with Crippen LogP contribution in [-0.4, -0.2) is 35.6 Å². The molecule has 2 N–H and O–H groups in total. The van der Waals surface area contributed by atoms with Crippen LogP contribution in [0.4, 0.5) is 30.7 Å². The van der Waals surface area contributed by atoms with Crippen molar-refractivity contribution in [3.05, 3.63) is 28.8 Å². The minimum absolute atomic E-state index is 0.0548. The molecule has 30 heavy (non-hydrogen) atoms. The van der Waals surface area contributed by atoms with Crippen LogP contribution in [0, 0.1) is 0 Å². The summed E-state index contributed by atoms with van der Waals surface area (Å²) in [5.41, 5.74) is 0.597. The van der Waals surface area contributed by atoms with Crippen molar-refractivity contribution in [2.24, 2.45) is 0 Å². The number of benzene rings is 1. The molecule has 0 aliphatic carbocycles. The van der Waals surface area contributed by atoms with Crippen molar-refractivity contribution in [3.8, 4) is 5.75 Å². The van der Waals surface area contributed by atoms with E-state index in [9.17, 15) is 40.6 Å². The molecule has 0 spiro atoms. The SMILES string of the molecule is CC(C)(C)c1cc(CCNC(=O)C(F)(F)C(F)(F)C(F)(F)F)cc(C(C)(C)C)c1O. The quantitative estimate of drug-likeness (QED) is 0.590. The van der Waals surface area contributed by atoms with Crippen LogP contribution in [0.3, 0.4) is 0 Å². The molecule has 0 radical (unpaired) electrons. The van der Waals surface area contributed by atoms with Gasteiger partial charge < -0.3 is 10.4 Å². The lowest BCUT2D eigenvalue weighted by Crippen LogP contribution is -2.59. The third kappa shape index (κ3) is 5.18. The second-order valence-corrected chi connectivity index (χ2v) is 9.19. The topological polar surface area (TPSA) is 49.3 Å². The fraction of sp³-hybridized carbons (Fsp3) is 0.650. The van der Waals surface area contributed by atoms with E-state index in [1.54, 1.807) is 12.1 Å². The van der Waals surface area contributed by atoms with Gasteiger partial charge in [0.2, 0.25) is 0 Å². The zero-order valence-corrected chi connectivity index (χ0v) is 17.6. The van der Waals surface area contributed by atoms with Gasteiger partial charge in [0.25, 0.3) is 5.91 Å². The minimum Gasteiger partial charge on any atom is -0.507 e. The van der Waals surface area contributed by atoms with Crippen LogP contribution in [0.1, 0.15) is 58.2 Å². The van der Waals surface area contributed by atoms with Gasteiger partial charge in [0.1, 0.15) is 5.75 Å². The first-order valence-corrected chi connectivity index (χ1v) is 9.11. The molecule has 1 aromatic rings. The maximum Gasteiger partial charge on any atom is 0.460 e. The predicted octanol–water partition coefficient (Wildman–Crippen LogP) is 5.48. The van der Waals surface area contributed by atoms with E-state index in [0.29, 0.717) is 16.7 Å². The van der Waals surface area contributed by atoms with Gasteiger partial charge in [-0.2, -0.15) is 30.7 Å². The molecule has 0 fully saturated rings. The molecule has 0 aliphatic heterocycles. The molecule has 0 aromatic heterocycles. The number of carbonyl (C=O) groups is 1. The Bertz CT molecular complexity index is 753. The van der Waals surface area contributed by atoms with E-state index in [1.807, 2.05) is 41.5 Å². The maximum atomic E-state index is 13.4. The van der Waals surface area contributed by atoms with Crippen LogP contribution >= 0.6 is 0 Å². The molecule has 3 nitrogen and oxygen atoms in total. The zero-order valence-electron chi connectivity index (χ0n) is 17.6. The summed E-state index contributed by atoms with van der Waals surface area (Å²) in [7, 11) is 0. The third-order valence-corrected chi connectivity index (χ3v) is 4.52. The van der Waals surface area contributed by atoms with Gasteiger partial charge in [-0.05, 0) is 33.9 Å². The highest BCUT2D eigenvalue weighted by Crippen LogP contribution is 2.46. The number of rotatable bonds is 5. The van der Waals surface area contributed by atoms with E-state index >= 15 is 0 Å². The molecule has 1 aromatic carbocycles. The molecule has 0 saturated carbocycles. The molecule has 0 atom stereocenters. The van der Waals surface area contributed by atoms with Crippen molar-refractivity contribution in [2.45, 2.75) is 76.8 Å². The number of amides is 1. The number of hydrogen-bond donors (Lipinski definition) is 2. The second kappa shape index (κ2) is 7.92.